The lowest BCUT2D eigenvalue weighted by Gasteiger charge is -2.14. The summed E-state index contributed by atoms with van der Waals surface area (Å²) in [6, 6.07) is 6.97. The normalized spacial score (nSPS) is 16.2. The first-order valence-corrected chi connectivity index (χ1v) is 7.64. The Morgan fingerprint density at radius 1 is 1.38 bits per heavy atom. The van der Waals surface area contributed by atoms with Crippen LogP contribution in [0.5, 0.6) is 11.5 Å². The number of likely N-dealkylation sites (tertiary alicyclic amines) is 1. The number of amides is 1. The van der Waals surface area contributed by atoms with Crippen LogP contribution in [0.1, 0.15) is 18.4 Å². The molecule has 1 aromatic carbocycles. The highest BCUT2D eigenvalue weighted by atomic mass is 16.7. The molecule has 0 atom stereocenters. The van der Waals surface area contributed by atoms with Crippen LogP contribution in [0.25, 0.3) is 6.08 Å². The lowest BCUT2D eigenvalue weighted by Crippen LogP contribution is -2.29. The first-order valence-electron chi connectivity index (χ1n) is 7.64. The van der Waals surface area contributed by atoms with Crippen LogP contribution in [-0.2, 0) is 14.3 Å². The van der Waals surface area contributed by atoms with E-state index in [1.54, 1.807) is 23.1 Å². The summed E-state index contributed by atoms with van der Waals surface area (Å²) in [5.41, 5.74) is 0.532. The van der Waals surface area contributed by atoms with Crippen molar-refractivity contribution in [3.63, 3.8) is 0 Å². The maximum absolute atomic E-state index is 12.0. The molecule has 2 aliphatic rings. The van der Waals surface area contributed by atoms with Gasteiger partial charge >= 0.3 is 5.97 Å². The second-order valence-corrected chi connectivity index (χ2v) is 5.40. The Bertz CT molecular complexity index is 735. The van der Waals surface area contributed by atoms with Crippen LogP contribution in [0.3, 0.4) is 0 Å². The zero-order chi connectivity index (χ0) is 16.9. The van der Waals surface area contributed by atoms with Crippen LogP contribution in [0.4, 0.5) is 0 Å². The van der Waals surface area contributed by atoms with Crippen molar-refractivity contribution in [1.29, 1.82) is 5.26 Å². The molecule has 0 bridgehead atoms. The van der Waals surface area contributed by atoms with E-state index in [9.17, 15) is 9.59 Å². The molecule has 24 heavy (non-hydrogen) atoms. The SMILES string of the molecule is N#C/C(=C/c1ccc2c(c1)OCO2)C(=O)OCCN1CCCC1=O. The van der Waals surface area contributed by atoms with Crippen LogP contribution >= 0.6 is 0 Å². The van der Waals surface area contributed by atoms with Crippen LogP contribution in [0, 0.1) is 11.3 Å². The van der Waals surface area contributed by atoms with E-state index in [-0.39, 0.29) is 24.9 Å². The average Bonchev–Trinajstić information content (AvgIpc) is 3.21. The number of nitrogens with zero attached hydrogens (tertiary/aromatic N) is 2. The number of nitriles is 1. The highest BCUT2D eigenvalue weighted by molar-refractivity contribution is 5.98. The number of hydrogen-bond donors (Lipinski definition) is 0. The Morgan fingerprint density at radius 2 is 2.21 bits per heavy atom. The second-order valence-electron chi connectivity index (χ2n) is 5.40. The zero-order valence-electron chi connectivity index (χ0n) is 13.0. The van der Waals surface area contributed by atoms with Gasteiger partial charge in [-0.25, -0.2) is 4.79 Å². The van der Waals surface area contributed by atoms with Crippen molar-refractivity contribution in [1.82, 2.24) is 4.90 Å². The molecule has 1 fully saturated rings. The number of carbonyl (C=O) groups excluding carboxylic acids is 2. The van der Waals surface area contributed by atoms with Gasteiger partial charge in [-0.05, 0) is 30.2 Å². The molecule has 3 rings (SSSR count). The first kappa shape index (κ1) is 15.9. The van der Waals surface area contributed by atoms with Gasteiger partial charge in [0.25, 0.3) is 0 Å². The summed E-state index contributed by atoms with van der Waals surface area (Å²) in [6.45, 7) is 1.28. The van der Waals surface area contributed by atoms with E-state index in [0.717, 1.165) is 6.42 Å². The minimum absolute atomic E-state index is 0.0717. The maximum atomic E-state index is 12.0. The van der Waals surface area contributed by atoms with Gasteiger partial charge in [0.05, 0.1) is 6.54 Å². The minimum atomic E-state index is -0.707. The van der Waals surface area contributed by atoms with Gasteiger partial charge in [-0.2, -0.15) is 5.26 Å². The zero-order valence-corrected chi connectivity index (χ0v) is 13.0. The van der Waals surface area contributed by atoms with Gasteiger partial charge in [0.2, 0.25) is 12.7 Å². The number of ether oxygens (including phenoxy) is 3. The van der Waals surface area contributed by atoms with Gasteiger partial charge in [-0.3, -0.25) is 4.79 Å². The van der Waals surface area contributed by atoms with E-state index in [2.05, 4.69) is 0 Å². The Balaban J connectivity index is 1.59. The van der Waals surface area contributed by atoms with Crippen LogP contribution < -0.4 is 9.47 Å². The highest BCUT2D eigenvalue weighted by Gasteiger charge is 2.20. The molecule has 2 heterocycles. The van der Waals surface area contributed by atoms with Crippen molar-refractivity contribution in [2.24, 2.45) is 0 Å². The van der Waals surface area contributed by atoms with Crippen LogP contribution in [0.15, 0.2) is 23.8 Å². The fraction of sp³-hybridized carbons (Fsp3) is 0.353. The number of rotatable bonds is 5. The highest BCUT2D eigenvalue weighted by Crippen LogP contribution is 2.33. The Morgan fingerprint density at radius 3 is 2.96 bits per heavy atom. The van der Waals surface area contributed by atoms with Gasteiger partial charge in [-0.15, -0.1) is 0 Å². The summed E-state index contributed by atoms with van der Waals surface area (Å²) in [7, 11) is 0. The summed E-state index contributed by atoms with van der Waals surface area (Å²) in [5, 5.41) is 9.16. The third-order valence-corrected chi connectivity index (χ3v) is 3.81. The number of carbonyl (C=O) groups is 2. The van der Waals surface area contributed by atoms with Crippen LogP contribution in [-0.4, -0.2) is 43.3 Å². The van der Waals surface area contributed by atoms with Crippen molar-refractivity contribution in [3.05, 3.63) is 29.3 Å². The van der Waals surface area contributed by atoms with E-state index < -0.39 is 5.97 Å². The number of fused-ring (bicyclic) bond motifs is 1. The molecular formula is C17H16N2O5. The second kappa shape index (κ2) is 7.04. The molecule has 7 heteroatoms. The Hall–Kier alpha value is -3.01. The standard InChI is InChI=1S/C17H16N2O5/c18-10-13(8-12-3-4-14-15(9-12)24-11-23-14)17(21)22-7-6-19-5-1-2-16(19)20/h3-4,8-9H,1-2,5-7,11H2/b13-8-. The number of benzene rings is 1. The lowest BCUT2D eigenvalue weighted by atomic mass is 10.1. The van der Waals surface area contributed by atoms with E-state index in [4.69, 9.17) is 19.5 Å². The molecule has 124 valence electrons. The molecular weight excluding hydrogens is 312 g/mol. The average molecular weight is 328 g/mol. The van der Waals surface area contributed by atoms with E-state index in [0.29, 0.717) is 36.6 Å². The molecule has 0 saturated carbocycles. The van der Waals surface area contributed by atoms with Crippen molar-refractivity contribution in [2.45, 2.75) is 12.8 Å². The van der Waals surface area contributed by atoms with E-state index >= 15 is 0 Å². The van der Waals surface area contributed by atoms with Gasteiger partial charge < -0.3 is 19.1 Å². The molecule has 0 radical (unpaired) electrons. The third-order valence-electron chi connectivity index (χ3n) is 3.81. The summed E-state index contributed by atoms with van der Waals surface area (Å²) >= 11 is 0. The monoisotopic (exact) mass is 328 g/mol. The van der Waals surface area contributed by atoms with Gasteiger partial charge in [0.1, 0.15) is 18.2 Å². The number of esters is 1. The van der Waals surface area contributed by atoms with Crippen molar-refractivity contribution in [2.75, 3.05) is 26.5 Å². The van der Waals surface area contributed by atoms with Gasteiger partial charge in [0.15, 0.2) is 11.5 Å². The predicted molar refractivity (Wildman–Crippen MR) is 82.9 cm³/mol. The van der Waals surface area contributed by atoms with Crippen LogP contribution in [0.2, 0.25) is 0 Å². The Kier molecular flexibility index (Phi) is 4.66. The van der Waals surface area contributed by atoms with Crippen molar-refractivity contribution >= 4 is 18.0 Å². The summed E-state index contributed by atoms with van der Waals surface area (Å²) < 4.78 is 15.6. The van der Waals surface area contributed by atoms with E-state index in [1.165, 1.54) is 6.08 Å². The maximum Gasteiger partial charge on any atom is 0.348 e. The molecule has 7 nitrogen and oxygen atoms in total. The smallest absolute Gasteiger partial charge is 0.348 e. The quantitative estimate of drug-likeness (QED) is 0.462. The largest absolute Gasteiger partial charge is 0.460 e. The third kappa shape index (κ3) is 3.49. The molecule has 0 N–H and O–H groups in total. The van der Waals surface area contributed by atoms with E-state index in [1.807, 2.05) is 6.07 Å². The number of hydrogen-bond acceptors (Lipinski definition) is 6. The first-order chi connectivity index (χ1) is 11.7. The summed E-state index contributed by atoms with van der Waals surface area (Å²) in [4.78, 5) is 25.1. The molecule has 0 unspecified atom stereocenters. The fourth-order valence-electron chi connectivity index (χ4n) is 2.57. The summed E-state index contributed by atoms with van der Waals surface area (Å²) in [5.74, 6) is 0.565. The molecule has 1 amide bonds. The molecule has 0 aliphatic carbocycles. The molecule has 0 spiro atoms. The van der Waals surface area contributed by atoms with Crippen molar-refractivity contribution < 1.29 is 23.8 Å². The van der Waals surface area contributed by atoms with Gasteiger partial charge in [0, 0.05) is 13.0 Å². The van der Waals surface area contributed by atoms with Gasteiger partial charge in [-0.1, -0.05) is 6.07 Å². The lowest BCUT2D eigenvalue weighted by molar-refractivity contribution is -0.140. The molecule has 0 aromatic heterocycles. The molecule has 1 saturated heterocycles. The fourth-order valence-corrected chi connectivity index (χ4v) is 2.57. The summed E-state index contributed by atoms with van der Waals surface area (Å²) in [6.07, 6.45) is 2.81. The predicted octanol–water partition coefficient (Wildman–Crippen LogP) is 1.49. The Labute approximate surface area is 139 Å². The molecule has 1 aromatic rings. The minimum Gasteiger partial charge on any atom is -0.460 e. The topological polar surface area (TPSA) is 88.9 Å². The van der Waals surface area contributed by atoms with Crippen molar-refractivity contribution in [3.8, 4) is 17.6 Å². The molecule has 2 aliphatic heterocycles.